The molecule has 3 aromatic rings. The zero-order valence-corrected chi connectivity index (χ0v) is 19.6. The number of benzene rings is 1. The van der Waals surface area contributed by atoms with E-state index in [0.29, 0.717) is 36.9 Å². The molecule has 33 heavy (non-hydrogen) atoms. The summed E-state index contributed by atoms with van der Waals surface area (Å²) in [6.45, 7) is 9.07. The standard InChI is InChI=1S/C24H30N4O5/c1-14(2)13-28-21-20(23(30)27-24(28)31)18(12-19(26-21)15(3)4)22(29)25-16-6-8-17(9-7-16)33-11-10-32-5/h6-9,12,14-15H,10-11,13H2,1-5H3,(H,25,29)(H,27,30,31). The molecule has 0 fully saturated rings. The largest absolute Gasteiger partial charge is 0.491 e. The second-order valence-corrected chi connectivity index (χ2v) is 8.53. The van der Waals surface area contributed by atoms with Gasteiger partial charge >= 0.3 is 5.69 Å². The van der Waals surface area contributed by atoms with Crippen molar-refractivity contribution in [1.29, 1.82) is 0 Å². The summed E-state index contributed by atoms with van der Waals surface area (Å²) in [5, 5.41) is 2.92. The van der Waals surface area contributed by atoms with Crippen LogP contribution in [0.2, 0.25) is 0 Å². The van der Waals surface area contributed by atoms with E-state index < -0.39 is 17.2 Å². The van der Waals surface area contributed by atoms with Gasteiger partial charge in [-0.05, 0) is 42.2 Å². The Morgan fingerprint density at radius 2 is 1.82 bits per heavy atom. The zero-order chi connectivity index (χ0) is 24.1. The number of H-pyrrole nitrogens is 1. The lowest BCUT2D eigenvalue weighted by Gasteiger charge is -2.16. The monoisotopic (exact) mass is 454 g/mol. The molecule has 1 amide bonds. The first-order chi connectivity index (χ1) is 15.7. The summed E-state index contributed by atoms with van der Waals surface area (Å²) in [6.07, 6.45) is 0. The number of nitrogens with zero attached hydrogens (tertiary/aromatic N) is 2. The van der Waals surface area contributed by atoms with Crippen molar-refractivity contribution in [3.8, 4) is 5.75 Å². The summed E-state index contributed by atoms with van der Waals surface area (Å²) in [4.78, 5) is 45.4. The molecule has 0 aliphatic rings. The van der Waals surface area contributed by atoms with Crippen LogP contribution >= 0.6 is 0 Å². The molecular formula is C24H30N4O5. The van der Waals surface area contributed by atoms with Gasteiger partial charge < -0.3 is 14.8 Å². The Kier molecular flexibility index (Phi) is 7.65. The fourth-order valence-corrected chi connectivity index (χ4v) is 3.38. The second-order valence-electron chi connectivity index (χ2n) is 8.53. The average molecular weight is 455 g/mol. The van der Waals surface area contributed by atoms with Crippen LogP contribution in [0.4, 0.5) is 5.69 Å². The number of carbonyl (C=O) groups excluding carboxylic acids is 1. The molecule has 2 aromatic heterocycles. The maximum absolute atomic E-state index is 13.2. The zero-order valence-electron chi connectivity index (χ0n) is 19.6. The molecule has 9 heteroatoms. The summed E-state index contributed by atoms with van der Waals surface area (Å²) in [5.74, 6) is 0.322. The van der Waals surface area contributed by atoms with Gasteiger partial charge in [-0.2, -0.15) is 0 Å². The number of amides is 1. The Bertz CT molecular complexity index is 1240. The Labute approximate surface area is 191 Å². The van der Waals surface area contributed by atoms with Gasteiger partial charge in [0, 0.05) is 25.0 Å². The van der Waals surface area contributed by atoms with Crippen LogP contribution in [-0.2, 0) is 11.3 Å². The number of nitrogens with one attached hydrogen (secondary N) is 2. The van der Waals surface area contributed by atoms with Crippen molar-refractivity contribution in [3.05, 3.63) is 62.4 Å². The first-order valence-electron chi connectivity index (χ1n) is 10.9. The number of methoxy groups -OCH3 is 1. The van der Waals surface area contributed by atoms with Crippen LogP contribution in [0.15, 0.2) is 39.9 Å². The maximum atomic E-state index is 13.2. The molecule has 3 rings (SSSR count). The van der Waals surface area contributed by atoms with Gasteiger partial charge in [0.15, 0.2) is 5.65 Å². The lowest BCUT2D eigenvalue weighted by Crippen LogP contribution is -2.33. The van der Waals surface area contributed by atoms with Crippen molar-refractivity contribution in [2.75, 3.05) is 25.6 Å². The van der Waals surface area contributed by atoms with E-state index in [1.165, 1.54) is 4.57 Å². The molecule has 2 heterocycles. The third-order valence-corrected chi connectivity index (χ3v) is 5.02. The minimum atomic E-state index is -0.634. The number of pyridine rings is 1. The first kappa shape index (κ1) is 24.2. The van der Waals surface area contributed by atoms with E-state index in [9.17, 15) is 14.4 Å². The molecule has 0 aliphatic carbocycles. The summed E-state index contributed by atoms with van der Waals surface area (Å²) in [5.41, 5.74) is 0.382. The molecule has 0 unspecified atom stereocenters. The maximum Gasteiger partial charge on any atom is 0.330 e. The van der Waals surface area contributed by atoms with Crippen molar-refractivity contribution in [3.63, 3.8) is 0 Å². The number of hydrogen-bond acceptors (Lipinski definition) is 6. The third kappa shape index (κ3) is 5.67. The number of aromatic amines is 1. The average Bonchev–Trinajstić information content (AvgIpc) is 2.76. The summed E-state index contributed by atoms with van der Waals surface area (Å²) in [7, 11) is 1.60. The van der Waals surface area contributed by atoms with E-state index in [1.807, 2.05) is 27.7 Å². The van der Waals surface area contributed by atoms with Gasteiger partial charge in [0.25, 0.3) is 11.5 Å². The number of ether oxygens (including phenoxy) is 2. The summed E-state index contributed by atoms with van der Waals surface area (Å²) < 4.78 is 11.9. The minimum absolute atomic E-state index is 0.00799. The molecule has 0 bridgehead atoms. The van der Waals surface area contributed by atoms with Gasteiger partial charge in [-0.25, -0.2) is 9.78 Å². The Hall–Kier alpha value is -3.46. The van der Waals surface area contributed by atoms with E-state index in [-0.39, 0.29) is 28.4 Å². The van der Waals surface area contributed by atoms with Gasteiger partial charge in [0.05, 0.1) is 17.6 Å². The fraction of sp³-hybridized carbons (Fsp3) is 0.417. The second kappa shape index (κ2) is 10.4. The molecule has 0 atom stereocenters. The smallest absolute Gasteiger partial charge is 0.330 e. The number of rotatable bonds is 9. The normalized spacial score (nSPS) is 11.4. The Morgan fingerprint density at radius 1 is 1.12 bits per heavy atom. The van der Waals surface area contributed by atoms with Gasteiger partial charge in [0.1, 0.15) is 12.4 Å². The van der Waals surface area contributed by atoms with E-state index in [0.717, 1.165) is 0 Å². The Balaban J connectivity index is 2.03. The van der Waals surface area contributed by atoms with Crippen LogP contribution in [-0.4, -0.2) is 40.8 Å². The summed E-state index contributed by atoms with van der Waals surface area (Å²) in [6, 6.07) is 8.52. The molecule has 1 aromatic carbocycles. The molecule has 176 valence electrons. The van der Waals surface area contributed by atoms with Crippen LogP contribution in [0.3, 0.4) is 0 Å². The lowest BCUT2D eigenvalue weighted by molar-refractivity contribution is 0.102. The number of fused-ring (bicyclic) bond motifs is 1. The number of carbonyl (C=O) groups is 1. The third-order valence-electron chi connectivity index (χ3n) is 5.02. The van der Waals surface area contributed by atoms with E-state index in [4.69, 9.17) is 9.47 Å². The first-order valence-corrected chi connectivity index (χ1v) is 10.9. The molecular weight excluding hydrogens is 424 g/mol. The summed E-state index contributed by atoms with van der Waals surface area (Å²) >= 11 is 0. The molecule has 0 radical (unpaired) electrons. The molecule has 0 aliphatic heterocycles. The van der Waals surface area contributed by atoms with Crippen LogP contribution in [0.1, 0.15) is 49.7 Å². The SMILES string of the molecule is COCCOc1ccc(NC(=O)c2cc(C(C)C)nc3c2c(=O)[nH]c(=O)n3CC(C)C)cc1. The van der Waals surface area contributed by atoms with Gasteiger partial charge in [0.2, 0.25) is 0 Å². The van der Waals surface area contributed by atoms with Crippen molar-refractivity contribution >= 4 is 22.6 Å². The molecule has 9 nitrogen and oxygen atoms in total. The predicted molar refractivity (Wildman–Crippen MR) is 127 cm³/mol. The van der Waals surface area contributed by atoms with Crippen LogP contribution in [0, 0.1) is 5.92 Å². The highest BCUT2D eigenvalue weighted by molar-refractivity contribution is 6.11. The van der Waals surface area contributed by atoms with E-state index in [2.05, 4.69) is 15.3 Å². The van der Waals surface area contributed by atoms with E-state index >= 15 is 0 Å². The molecule has 2 N–H and O–H groups in total. The highest BCUT2D eigenvalue weighted by atomic mass is 16.5. The molecule has 0 spiro atoms. The number of anilines is 1. The highest BCUT2D eigenvalue weighted by Gasteiger charge is 2.21. The van der Waals surface area contributed by atoms with Crippen molar-refractivity contribution < 1.29 is 14.3 Å². The highest BCUT2D eigenvalue weighted by Crippen LogP contribution is 2.22. The topological polar surface area (TPSA) is 115 Å². The van der Waals surface area contributed by atoms with Gasteiger partial charge in [-0.3, -0.25) is 19.1 Å². The predicted octanol–water partition coefficient (Wildman–Crippen LogP) is 3.14. The molecule has 0 saturated carbocycles. The Morgan fingerprint density at radius 3 is 2.42 bits per heavy atom. The fourth-order valence-electron chi connectivity index (χ4n) is 3.38. The molecule has 0 saturated heterocycles. The number of hydrogen-bond donors (Lipinski definition) is 2. The van der Waals surface area contributed by atoms with Gasteiger partial charge in [-0.15, -0.1) is 0 Å². The van der Waals surface area contributed by atoms with Crippen LogP contribution in [0.25, 0.3) is 11.0 Å². The van der Waals surface area contributed by atoms with E-state index in [1.54, 1.807) is 37.4 Å². The number of aromatic nitrogens is 3. The van der Waals surface area contributed by atoms with Crippen molar-refractivity contribution in [2.45, 2.75) is 40.2 Å². The van der Waals surface area contributed by atoms with Crippen molar-refractivity contribution in [2.24, 2.45) is 5.92 Å². The van der Waals surface area contributed by atoms with Crippen LogP contribution < -0.4 is 21.3 Å². The lowest BCUT2D eigenvalue weighted by atomic mass is 10.0. The van der Waals surface area contributed by atoms with Gasteiger partial charge in [-0.1, -0.05) is 27.7 Å². The van der Waals surface area contributed by atoms with Crippen molar-refractivity contribution in [1.82, 2.24) is 14.5 Å². The van der Waals surface area contributed by atoms with Crippen LogP contribution in [0.5, 0.6) is 5.75 Å². The minimum Gasteiger partial charge on any atom is -0.491 e. The quantitative estimate of drug-likeness (QED) is 0.480.